The average Bonchev–Trinajstić information content (AvgIpc) is 2.39. The molecule has 18 heavy (non-hydrogen) atoms. The molecule has 1 rings (SSSR count). The SMILES string of the molecule is COc1ccc(CCNC(=O)N(C)CCO)cc1. The number of rotatable bonds is 6. The third-order valence-electron chi connectivity index (χ3n) is 2.63. The van der Waals surface area contributed by atoms with Gasteiger partial charge in [0.15, 0.2) is 0 Å². The molecule has 0 aliphatic heterocycles. The normalized spacial score (nSPS) is 9.94. The van der Waals surface area contributed by atoms with Crippen molar-refractivity contribution in [3.63, 3.8) is 0 Å². The van der Waals surface area contributed by atoms with Crippen LogP contribution in [-0.4, -0.2) is 49.9 Å². The molecule has 5 nitrogen and oxygen atoms in total. The average molecular weight is 252 g/mol. The van der Waals surface area contributed by atoms with Gasteiger partial charge in [0.2, 0.25) is 0 Å². The Morgan fingerprint density at radius 3 is 2.61 bits per heavy atom. The van der Waals surface area contributed by atoms with Crippen LogP contribution in [-0.2, 0) is 6.42 Å². The number of hydrogen-bond donors (Lipinski definition) is 2. The molecular formula is C13H20N2O3. The van der Waals surface area contributed by atoms with Crippen LogP contribution in [0, 0.1) is 0 Å². The van der Waals surface area contributed by atoms with E-state index in [4.69, 9.17) is 9.84 Å². The van der Waals surface area contributed by atoms with E-state index in [0.29, 0.717) is 13.1 Å². The Morgan fingerprint density at radius 2 is 2.06 bits per heavy atom. The van der Waals surface area contributed by atoms with Crippen molar-refractivity contribution in [3.8, 4) is 5.75 Å². The number of hydrogen-bond acceptors (Lipinski definition) is 3. The molecule has 0 bridgehead atoms. The molecule has 1 aromatic rings. The lowest BCUT2D eigenvalue weighted by molar-refractivity contribution is 0.190. The summed E-state index contributed by atoms with van der Waals surface area (Å²) in [6.07, 6.45) is 0.767. The molecule has 0 aliphatic carbocycles. The summed E-state index contributed by atoms with van der Waals surface area (Å²) in [5.74, 6) is 0.825. The number of carbonyl (C=O) groups excluding carboxylic acids is 1. The largest absolute Gasteiger partial charge is 0.497 e. The number of amides is 2. The number of nitrogens with one attached hydrogen (secondary N) is 1. The maximum absolute atomic E-state index is 11.5. The predicted molar refractivity (Wildman–Crippen MR) is 69.8 cm³/mol. The zero-order valence-electron chi connectivity index (χ0n) is 10.8. The lowest BCUT2D eigenvalue weighted by Gasteiger charge is -2.16. The van der Waals surface area contributed by atoms with Crippen molar-refractivity contribution in [3.05, 3.63) is 29.8 Å². The van der Waals surface area contributed by atoms with Gasteiger partial charge in [-0.05, 0) is 24.1 Å². The van der Waals surface area contributed by atoms with Gasteiger partial charge in [0.1, 0.15) is 5.75 Å². The van der Waals surface area contributed by atoms with Crippen LogP contribution in [0.15, 0.2) is 24.3 Å². The fourth-order valence-corrected chi connectivity index (χ4v) is 1.49. The molecule has 0 saturated heterocycles. The van der Waals surface area contributed by atoms with Crippen molar-refractivity contribution in [2.24, 2.45) is 0 Å². The van der Waals surface area contributed by atoms with E-state index < -0.39 is 0 Å². The third kappa shape index (κ3) is 4.63. The summed E-state index contributed by atoms with van der Waals surface area (Å²) in [5.41, 5.74) is 1.14. The van der Waals surface area contributed by atoms with Gasteiger partial charge in [0, 0.05) is 20.1 Å². The smallest absolute Gasteiger partial charge is 0.317 e. The van der Waals surface area contributed by atoms with Gasteiger partial charge in [-0.3, -0.25) is 0 Å². The quantitative estimate of drug-likeness (QED) is 0.789. The number of aliphatic hydroxyl groups excluding tert-OH is 1. The van der Waals surface area contributed by atoms with Crippen LogP contribution in [0.2, 0.25) is 0 Å². The Bertz CT molecular complexity index is 365. The second-order valence-electron chi connectivity index (χ2n) is 3.98. The van der Waals surface area contributed by atoms with E-state index in [0.717, 1.165) is 17.7 Å². The van der Waals surface area contributed by atoms with Crippen LogP contribution in [0.3, 0.4) is 0 Å². The highest BCUT2D eigenvalue weighted by Gasteiger charge is 2.06. The standard InChI is InChI=1S/C13H20N2O3/c1-15(9-10-16)13(17)14-8-7-11-3-5-12(18-2)6-4-11/h3-6,16H,7-10H2,1-2H3,(H,14,17). The van der Waals surface area contributed by atoms with Gasteiger partial charge in [0.25, 0.3) is 0 Å². The molecule has 0 radical (unpaired) electrons. The van der Waals surface area contributed by atoms with Gasteiger partial charge >= 0.3 is 6.03 Å². The number of benzene rings is 1. The molecule has 1 aromatic carbocycles. The lowest BCUT2D eigenvalue weighted by atomic mass is 10.1. The zero-order valence-corrected chi connectivity index (χ0v) is 10.8. The van der Waals surface area contributed by atoms with E-state index in [9.17, 15) is 4.79 Å². The molecule has 2 amide bonds. The van der Waals surface area contributed by atoms with E-state index in [1.165, 1.54) is 4.90 Å². The van der Waals surface area contributed by atoms with Gasteiger partial charge < -0.3 is 20.1 Å². The van der Waals surface area contributed by atoms with Crippen LogP contribution in [0.1, 0.15) is 5.56 Å². The van der Waals surface area contributed by atoms with E-state index in [1.807, 2.05) is 24.3 Å². The molecular weight excluding hydrogens is 232 g/mol. The Labute approximate surface area is 107 Å². The number of ether oxygens (including phenoxy) is 1. The highest BCUT2D eigenvalue weighted by Crippen LogP contribution is 2.11. The maximum Gasteiger partial charge on any atom is 0.317 e. The summed E-state index contributed by atoms with van der Waals surface area (Å²) in [6.45, 7) is 0.887. The first-order valence-electron chi connectivity index (χ1n) is 5.90. The number of likely N-dealkylation sites (N-methyl/N-ethyl adjacent to an activating group) is 1. The molecule has 0 fully saturated rings. The topological polar surface area (TPSA) is 61.8 Å². The van der Waals surface area contributed by atoms with Crippen LogP contribution in [0.4, 0.5) is 4.79 Å². The van der Waals surface area contributed by atoms with E-state index in [2.05, 4.69) is 5.32 Å². The molecule has 0 aromatic heterocycles. The summed E-state index contributed by atoms with van der Waals surface area (Å²) in [6, 6.07) is 7.58. The summed E-state index contributed by atoms with van der Waals surface area (Å²) >= 11 is 0. The molecule has 0 saturated carbocycles. The minimum atomic E-state index is -0.169. The van der Waals surface area contributed by atoms with E-state index in [1.54, 1.807) is 14.2 Å². The molecule has 5 heteroatoms. The molecule has 0 aliphatic rings. The van der Waals surface area contributed by atoms with Gasteiger partial charge in [-0.15, -0.1) is 0 Å². The van der Waals surface area contributed by atoms with Gasteiger partial charge in [0.05, 0.1) is 13.7 Å². The summed E-state index contributed by atoms with van der Waals surface area (Å²) < 4.78 is 5.07. The Hall–Kier alpha value is -1.75. The Morgan fingerprint density at radius 1 is 1.39 bits per heavy atom. The van der Waals surface area contributed by atoms with E-state index >= 15 is 0 Å². The highest BCUT2D eigenvalue weighted by atomic mass is 16.5. The summed E-state index contributed by atoms with van der Waals surface area (Å²) in [5, 5.41) is 11.5. The van der Waals surface area contributed by atoms with Crippen LogP contribution in [0.25, 0.3) is 0 Å². The second kappa shape index (κ2) is 7.55. The minimum absolute atomic E-state index is 0.0254. The first-order chi connectivity index (χ1) is 8.67. The fourth-order valence-electron chi connectivity index (χ4n) is 1.49. The predicted octanol–water partition coefficient (Wildman–Crippen LogP) is 0.871. The Kier molecular flexibility index (Phi) is 6.00. The van der Waals surface area contributed by atoms with Crippen molar-refractivity contribution in [2.75, 3.05) is 33.9 Å². The molecule has 0 spiro atoms. The van der Waals surface area contributed by atoms with Crippen LogP contribution >= 0.6 is 0 Å². The summed E-state index contributed by atoms with van der Waals surface area (Å²) in [4.78, 5) is 13.0. The van der Waals surface area contributed by atoms with Gasteiger partial charge in [-0.2, -0.15) is 0 Å². The lowest BCUT2D eigenvalue weighted by Crippen LogP contribution is -2.39. The monoisotopic (exact) mass is 252 g/mol. The number of aliphatic hydroxyl groups is 1. The number of methoxy groups -OCH3 is 1. The molecule has 0 heterocycles. The summed E-state index contributed by atoms with van der Waals surface area (Å²) in [7, 11) is 3.28. The Balaban J connectivity index is 2.30. The zero-order chi connectivity index (χ0) is 13.4. The van der Waals surface area contributed by atoms with Crippen LogP contribution < -0.4 is 10.1 Å². The van der Waals surface area contributed by atoms with Crippen molar-refractivity contribution in [2.45, 2.75) is 6.42 Å². The molecule has 0 atom stereocenters. The van der Waals surface area contributed by atoms with Gasteiger partial charge in [-0.25, -0.2) is 4.79 Å². The minimum Gasteiger partial charge on any atom is -0.497 e. The van der Waals surface area contributed by atoms with E-state index in [-0.39, 0.29) is 12.6 Å². The maximum atomic E-state index is 11.5. The number of nitrogens with zero attached hydrogens (tertiary/aromatic N) is 1. The second-order valence-corrected chi connectivity index (χ2v) is 3.98. The number of carbonyl (C=O) groups is 1. The first kappa shape index (κ1) is 14.3. The molecule has 100 valence electrons. The van der Waals surface area contributed by atoms with Crippen molar-refractivity contribution < 1.29 is 14.6 Å². The highest BCUT2D eigenvalue weighted by molar-refractivity contribution is 5.73. The number of urea groups is 1. The van der Waals surface area contributed by atoms with Crippen molar-refractivity contribution in [1.29, 1.82) is 0 Å². The first-order valence-corrected chi connectivity index (χ1v) is 5.90. The molecule has 0 unspecified atom stereocenters. The third-order valence-corrected chi connectivity index (χ3v) is 2.63. The fraction of sp³-hybridized carbons (Fsp3) is 0.462. The van der Waals surface area contributed by atoms with Crippen molar-refractivity contribution >= 4 is 6.03 Å². The van der Waals surface area contributed by atoms with Crippen molar-refractivity contribution in [1.82, 2.24) is 10.2 Å². The van der Waals surface area contributed by atoms with Crippen LogP contribution in [0.5, 0.6) is 5.75 Å². The molecule has 2 N–H and O–H groups in total. The van der Waals surface area contributed by atoms with Gasteiger partial charge in [-0.1, -0.05) is 12.1 Å².